The molecule has 1 saturated heterocycles. The molecule has 1 N–H and O–H groups in total. The maximum absolute atomic E-state index is 13.5. The first-order valence-corrected chi connectivity index (χ1v) is 7.07. The van der Waals surface area contributed by atoms with Crippen LogP contribution in [0.3, 0.4) is 0 Å². The number of nitrogens with zero attached hydrogens (tertiary/aromatic N) is 6. The third-order valence-electron chi connectivity index (χ3n) is 3.96. The Bertz CT molecular complexity index is 869. The van der Waals surface area contributed by atoms with E-state index in [0.29, 0.717) is 30.0 Å². The first-order chi connectivity index (χ1) is 11.1. The summed E-state index contributed by atoms with van der Waals surface area (Å²) in [5.41, 5.74) is 1.08. The normalized spacial score (nSPS) is 21.3. The number of tetrazole rings is 1. The van der Waals surface area contributed by atoms with E-state index < -0.39 is 17.7 Å². The molecular formula is C14H12F2N6O. The van der Waals surface area contributed by atoms with E-state index in [1.54, 1.807) is 12.1 Å². The summed E-state index contributed by atoms with van der Waals surface area (Å²) in [6.45, 7) is 0.338. The number of β-amino-alcohol motifs (C(OH)–C–C–N with tert-alkyl or cyclic N) is 1. The van der Waals surface area contributed by atoms with Gasteiger partial charge in [0, 0.05) is 6.54 Å². The van der Waals surface area contributed by atoms with Gasteiger partial charge in [-0.25, -0.2) is 8.78 Å². The summed E-state index contributed by atoms with van der Waals surface area (Å²) in [5, 5.41) is 25.3. The Morgan fingerprint density at radius 1 is 1.13 bits per heavy atom. The number of hydrogen-bond acceptors (Lipinski definition) is 6. The molecule has 0 saturated carbocycles. The Morgan fingerprint density at radius 2 is 2.00 bits per heavy atom. The third kappa shape index (κ3) is 2.38. The number of aliphatic hydroxyl groups is 1. The van der Waals surface area contributed by atoms with Gasteiger partial charge >= 0.3 is 0 Å². The summed E-state index contributed by atoms with van der Waals surface area (Å²) in [5.74, 6) is -1.25. The zero-order valence-corrected chi connectivity index (χ0v) is 11.8. The van der Waals surface area contributed by atoms with Crippen LogP contribution in [0.1, 0.15) is 18.0 Å². The molecule has 0 unspecified atom stereocenters. The smallest absolute Gasteiger partial charge is 0.200 e. The summed E-state index contributed by atoms with van der Waals surface area (Å²) in [6, 6.07) is 6.89. The van der Waals surface area contributed by atoms with Crippen LogP contribution in [0.15, 0.2) is 30.3 Å². The van der Waals surface area contributed by atoms with Crippen LogP contribution in [-0.2, 0) is 0 Å². The van der Waals surface area contributed by atoms with Crippen molar-refractivity contribution in [3.8, 4) is 0 Å². The Balaban J connectivity index is 1.74. The van der Waals surface area contributed by atoms with Crippen molar-refractivity contribution >= 4 is 11.5 Å². The highest BCUT2D eigenvalue weighted by Gasteiger charge is 2.33. The Morgan fingerprint density at radius 3 is 2.83 bits per heavy atom. The quantitative estimate of drug-likeness (QED) is 0.762. The molecule has 3 heterocycles. The fraction of sp³-hybridized carbons (Fsp3) is 0.286. The maximum atomic E-state index is 13.5. The molecule has 0 amide bonds. The lowest BCUT2D eigenvalue weighted by molar-refractivity contribution is 0.194. The number of hydrogen-bond donors (Lipinski definition) is 1. The largest absolute Gasteiger partial charge is 0.391 e. The number of aromatic nitrogens is 5. The van der Waals surface area contributed by atoms with Gasteiger partial charge in [-0.15, -0.1) is 14.8 Å². The SMILES string of the molecule is O[C@@H]1C[C@H](c2ccc(F)c(F)c2)N(c2ccc3nnnn3n2)C1. The first-order valence-electron chi connectivity index (χ1n) is 7.07. The summed E-state index contributed by atoms with van der Waals surface area (Å²) in [7, 11) is 0. The molecule has 3 aromatic rings. The molecule has 1 aliphatic rings. The minimum absolute atomic E-state index is 0.304. The molecule has 1 aromatic carbocycles. The monoisotopic (exact) mass is 318 g/mol. The summed E-state index contributed by atoms with van der Waals surface area (Å²) < 4.78 is 27.9. The molecule has 4 rings (SSSR count). The van der Waals surface area contributed by atoms with Gasteiger partial charge in [-0.1, -0.05) is 6.07 Å². The van der Waals surface area contributed by atoms with Crippen molar-refractivity contribution in [2.45, 2.75) is 18.6 Å². The molecule has 0 aliphatic carbocycles. The molecule has 1 aliphatic heterocycles. The lowest BCUT2D eigenvalue weighted by Gasteiger charge is -2.25. The van der Waals surface area contributed by atoms with Crippen LogP contribution in [0, 0.1) is 11.6 Å². The van der Waals surface area contributed by atoms with Crippen molar-refractivity contribution in [2.24, 2.45) is 0 Å². The molecular weight excluding hydrogens is 306 g/mol. The van der Waals surface area contributed by atoms with E-state index in [1.165, 1.54) is 10.7 Å². The molecule has 0 radical (unpaired) electrons. The summed E-state index contributed by atoms with van der Waals surface area (Å²) in [6.07, 6.45) is -0.181. The second-order valence-corrected chi connectivity index (χ2v) is 5.45. The molecule has 2 atom stereocenters. The lowest BCUT2D eigenvalue weighted by atomic mass is 10.0. The minimum atomic E-state index is -0.910. The minimum Gasteiger partial charge on any atom is -0.391 e. The van der Waals surface area contributed by atoms with Gasteiger partial charge < -0.3 is 10.0 Å². The van der Waals surface area contributed by atoms with Crippen molar-refractivity contribution in [1.29, 1.82) is 0 Å². The van der Waals surface area contributed by atoms with Crippen molar-refractivity contribution in [1.82, 2.24) is 25.3 Å². The molecule has 1 fully saturated rings. The van der Waals surface area contributed by atoms with Crippen molar-refractivity contribution in [3.05, 3.63) is 47.5 Å². The van der Waals surface area contributed by atoms with Crippen LogP contribution in [-0.4, -0.2) is 43.0 Å². The molecule has 23 heavy (non-hydrogen) atoms. The zero-order valence-electron chi connectivity index (χ0n) is 11.8. The number of anilines is 1. The van der Waals surface area contributed by atoms with Gasteiger partial charge in [0.25, 0.3) is 0 Å². The van der Waals surface area contributed by atoms with Crippen molar-refractivity contribution in [2.75, 3.05) is 11.4 Å². The second kappa shape index (κ2) is 5.20. The van der Waals surface area contributed by atoms with Gasteiger partial charge in [0.15, 0.2) is 23.1 Å². The van der Waals surface area contributed by atoms with Gasteiger partial charge in [-0.3, -0.25) is 0 Å². The van der Waals surface area contributed by atoms with Gasteiger partial charge in [-0.05, 0) is 46.7 Å². The van der Waals surface area contributed by atoms with Crippen LogP contribution in [0.4, 0.5) is 14.6 Å². The van der Waals surface area contributed by atoms with Gasteiger partial charge in [0.05, 0.1) is 12.1 Å². The molecule has 2 aromatic heterocycles. The average Bonchev–Trinajstić information content (AvgIpc) is 3.15. The second-order valence-electron chi connectivity index (χ2n) is 5.45. The molecule has 7 nitrogen and oxygen atoms in total. The standard InChI is InChI=1S/C14H12F2N6O/c15-10-2-1-8(5-11(10)16)12-6-9(23)7-21(12)14-4-3-13-17-19-20-22(13)18-14/h1-5,9,12,23H,6-7H2/t9-,12-/m1/s1. The summed E-state index contributed by atoms with van der Waals surface area (Å²) in [4.78, 5) is 1.83. The number of halogens is 2. The molecule has 0 spiro atoms. The topological polar surface area (TPSA) is 79.4 Å². The van der Waals surface area contributed by atoms with Crippen molar-refractivity contribution in [3.63, 3.8) is 0 Å². The van der Waals surface area contributed by atoms with Crippen LogP contribution in [0.25, 0.3) is 5.65 Å². The maximum Gasteiger partial charge on any atom is 0.200 e. The van der Waals surface area contributed by atoms with Crippen LogP contribution < -0.4 is 4.90 Å². The lowest BCUT2D eigenvalue weighted by Crippen LogP contribution is -2.26. The molecule has 0 bridgehead atoms. The Hall–Kier alpha value is -2.68. The van der Waals surface area contributed by atoms with Gasteiger partial charge in [0.1, 0.15) is 0 Å². The van der Waals surface area contributed by atoms with E-state index in [9.17, 15) is 13.9 Å². The fourth-order valence-electron chi connectivity index (χ4n) is 2.90. The average molecular weight is 318 g/mol. The highest BCUT2D eigenvalue weighted by Crippen LogP contribution is 2.35. The van der Waals surface area contributed by atoms with Gasteiger partial charge in [-0.2, -0.15) is 0 Å². The van der Waals surface area contributed by atoms with Gasteiger partial charge in [0.2, 0.25) is 0 Å². The highest BCUT2D eigenvalue weighted by molar-refractivity contribution is 5.48. The predicted octanol–water partition coefficient (Wildman–Crippen LogP) is 1.11. The highest BCUT2D eigenvalue weighted by atomic mass is 19.2. The fourth-order valence-corrected chi connectivity index (χ4v) is 2.90. The van der Waals surface area contributed by atoms with E-state index >= 15 is 0 Å². The van der Waals surface area contributed by atoms with E-state index in [0.717, 1.165) is 12.1 Å². The zero-order chi connectivity index (χ0) is 16.0. The number of benzene rings is 1. The van der Waals surface area contributed by atoms with E-state index in [4.69, 9.17) is 0 Å². The van der Waals surface area contributed by atoms with E-state index in [2.05, 4.69) is 20.6 Å². The van der Waals surface area contributed by atoms with Crippen LogP contribution >= 0.6 is 0 Å². The summed E-state index contributed by atoms with van der Waals surface area (Å²) >= 11 is 0. The predicted molar refractivity (Wildman–Crippen MR) is 75.6 cm³/mol. The number of rotatable bonds is 2. The van der Waals surface area contributed by atoms with Crippen LogP contribution in [0.2, 0.25) is 0 Å². The first kappa shape index (κ1) is 13.9. The number of fused-ring (bicyclic) bond motifs is 1. The Labute approximate surface area is 129 Å². The molecule has 118 valence electrons. The van der Waals surface area contributed by atoms with Crippen molar-refractivity contribution < 1.29 is 13.9 Å². The van der Waals surface area contributed by atoms with E-state index in [1.807, 2.05) is 4.90 Å². The Kier molecular flexibility index (Phi) is 3.15. The third-order valence-corrected chi connectivity index (χ3v) is 3.96. The number of aliphatic hydroxyl groups excluding tert-OH is 1. The molecule has 9 heteroatoms. The van der Waals surface area contributed by atoms with E-state index in [-0.39, 0.29) is 6.04 Å². The van der Waals surface area contributed by atoms with Crippen LogP contribution in [0.5, 0.6) is 0 Å².